The Morgan fingerprint density at radius 1 is 0.833 bits per heavy atom. The highest BCUT2D eigenvalue weighted by molar-refractivity contribution is 6.42. The maximum absolute atomic E-state index is 6.21. The molecule has 5 heteroatoms. The molecule has 0 spiro atoms. The molecule has 0 amide bonds. The van der Waals surface area contributed by atoms with Gasteiger partial charge in [-0.2, -0.15) is 0 Å². The molecule has 4 aromatic rings. The Bertz CT molecular complexity index is 1020. The number of aromatic nitrogens is 1. The Hall–Kier alpha value is -2.49. The number of halogens is 2. The van der Waals surface area contributed by atoms with E-state index >= 15 is 0 Å². The number of fused-ring (bicyclic) bond motifs is 1. The number of nitrogen functional groups attached to an aromatic ring is 1. The van der Waals surface area contributed by atoms with Gasteiger partial charge in [0.25, 0.3) is 0 Å². The van der Waals surface area contributed by atoms with Crippen LogP contribution in [0.15, 0.2) is 65.1 Å². The number of nitrogens with zero attached hydrogens (tertiary/aromatic N) is 1. The number of hydrogen-bond donors (Lipinski definition) is 1. The van der Waals surface area contributed by atoms with Gasteiger partial charge in [0.15, 0.2) is 5.58 Å². The third-order valence-corrected chi connectivity index (χ3v) is 4.55. The number of anilines is 1. The minimum atomic E-state index is 0.310. The first-order valence-electron chi connectivity index (χ1n) is 7.33. The molecule has 0 radical (unpaired) electrons. The van der Waals surface area contributed by atoms with Gasteiger partial charge < -0.3 is 10.2 Å². The SMILES string of the molecule is Nc1c(Cl)cc2oc(-c3ccc(-c4ccccc4)cc3)nc2c1Cl. The van der Waals surface area contributed by atoms with Crippen LogP contribution >= 0.6 is 23.2 Å². The third-order valence-electron chi connectivity index (χ3n) is 3.85. The molecule has 0 bridgehead atoms. The summed E-state index contributed by atoms with van der Waals surface area (Å²) in [7, 11) is 0. The van der Waals surface area contributed by atoms with Crippen molar-refractivity contribution in [2.45, 2.75) is 0 Å². The van der Waals surface area contributed by atoms with E-state index in [4.69, 9.17) is 33.4 Å². The number of rotatable bonds is 2. The summed E-state index contributed by atoms with van der Waals surface area (Å²) in [5, 5.41) is 0.669. The van der Waals surface area contributed by atoms with E-state index in [1.165, 1.54) is 0 Å². The Kier molecular flexibility index (Phi) is 3.68. The van der Waals surface area contributed by atoms with Crippen molar-refractivity contribution in [3.63, 3.8) is 0 Å². The molecule has 0 unspecified atom stereocenters. The largest absolute Gasteiger partial charge is 0.436 e. The zero-order valence-electron chi connectivity index (χ0n) is 12.5. The second-order valence-electron chi connectivity index (χ2n) is 5.40. The molecule has 4 rings (SSSR count). The van der Waals surface area contributed by atoms with Gasteiger partial charge in [-0.15, -0.1) is 0 Å². The molecule has 0 aliphatic rings. The summed E-state index contributed by atoms with van der Waals surface area (Å²) in [5.74, 6) is 0.480. The van der Waals surface area contributed by atoms with Crippen LogP contribution in [-0.2, 0) is 0 Å². The van der Waals surface area contributed by atoms with Crippen molar-refractivity contribution in [2.75, 3.05) is 5.73 Å². The van der Waals surface area contributed by atoms with Gasteiger partial charge in [0.05, 0.1) is 15.7 Å². The first-order valence-corrected chi connectivity index (χ1v) is 8.09. The van der Waals surface area contributed by atoms with Crippen LogP contribution in [-0.4, -0.2) is 4.98 Å². The monoisotopic (exact) mass is 354 g/mol. The summed E-state index contributed by atoms with van der Waals surface area (Å²) in [4.78, 5) is 4.45. The van der Waals surface area contributed by atoms with Gasteiger partial charge in [-0.05, 0) is 23.3 Å². The van der Waals surface area contributed by atoms with Gasteiger partial charge in [-0.25, -0.2) is 4.98 Å². The van der Waals surface area contributed by atoms with Gasteiger partial charge >= 0.3 is 0 Å². The summed E-state index contributed by atoms with van der Waals surface area (Å²) in [6.45, 7) is 0. The highest BCUT2D eigenvalue weighted by Gasteiger charge is 2.15. The maximum atomic E-state index is 6.21. The van der Waals surface area contributed by atoms with E-state index in [0.29, 0.717) is 32.7 Å². The molecular formula is C19H12Cl2N2O. The van der Waals surface area contributed by atoms with Crippen LogP contribution in [0.2, 0.25) is 10.0 Å². The molecule has 118 valence electrons. The molecule has 0 saturated carbocycles. The van der Waals surface area contributed by atoms with Crippen molar-refractivity contribution in [1.29, 1.82) is 0 Å². The topological polar surface area (TPSA) is 52.0 Å². The van der Waals surface area contributed by atoms with Crippen molar-refractivity contribution in [3.05, 3.63) is 70.7 Å². The lowest BCUT2D eigenvalue weighted by Gasteiger charge is -2.02. The van der Waals surface area contributed by atoms with Crippen LogP contribution in [0.4, 0.5) is 5.69 Å². The zero-order chi connectivity index (χ0) is 16.7. The van der Waals surface area contributed by atoms with E-state index in [9.17, 15) is 0 Å². The standard InChI is InChI=1S/C19H12Cl2N2O/c20-14-10-15-18(16(21)17(14)22)23-19(24-15)13-8-6-12(7-9-13)11-4-2-1-3-5-11/h1-10H,22H2. The summed E-state index contributed by atoms with van der Waals surface area (Å²) in [6, 6.07) is 19.8. The molecule has 3 aromatic carbocycles. The fourth-order valence-electron chi connectivity index (χ4n) is 2.57. The number of hydrogen-bond acceptors (Lipinski definition) is 3. The fraction of sp³-hybridized carbons (Fsp3) is 0. The Morgan fingerprint density at radius 3 is 2.17 bits per heavy atom. The Balaban J connectivity index is 1.76. The highest BCUT2D eigenvalue weighted by Crippen LogP contribution is 2.37. The minimum Gasteiger partial charge on any atom is -0.436 e. The molecule has 1 aromatic heterocycles. The summed E-state index contributed by atoms with van der Waals surface area (Å²) in [5.41, 5.74) is 10.3. The number of oxazole rings is 1. The number of nitrogens with two attached hydrogens (primary N) is 1. The van der Waals surface area contributed by atoms with Crippen LogP contribution in [0, 0.1) is 0 Å². The van der Waals surface area contributed by atoms with Crippen molar-refractivity contribution in [1.82, 2.24) is 4.98 Å². The van der Waals surface area contributed by atoms with Crippen LogP contribution < -0.4 is 5.73 Å². The molecule has 2 N–H and O–H groups in total. The Labute approximate surface area is 148 Å². The molecule has 3 nitrogen and oxygen atoms in total. The lowest BCUT2D eigenvalue weighted by Crippen LogP contribution is -1.88. The van der Waals surface area contributed by atoms with Gasteiger partial charge in [-0.3, -0.25) is 0 Å². The lowest BCUT2D eigenvalue weighted by atomic mass is 10.0. The molecule has 0 fully saturated rings. The van der Waals surface area contributed by atoms with Gasteiger partial charge in [0.1, 0.15) is 5.52 Å². The molecule has 1 heterocycles. The summed E-state index contributed by atoms with van der Waals surface area (Å²) in [6.07, 6.45) is 0. The average Bonchev–Trinajstić information content (AvgIpc) is 3.05. The lowest BCUT2D eigenvalue weighted by molar-refractivity contribution is 0.620. The maximum Gasteiger partial charge on any atom is 0.227 e. The van der Waals surface area contributed by atoms with Crippen molar-refractivity contribution >= 4 is 40.0 Å². The number of benzene rings is 3. The van der Waals surface area contributed by atoms with Gasteiger partial charge in [-0.1, -0.05) is 65.7 Å². The molecule has 24 heavy (non-hydrogen) atoms. The fourth-order valence-corrected chi connectivity index (χ4v) is 3.05. The zero-order valence-corrected chi connectivity index (χ0v) is 14.0. The minimum absolute atomic E-state index is 0.310. The van der Waals surface area contributed by atoms with E-state index in [0.717, 1.165) is 16.7 Å². The molecule has 0 aliphatic carbocycles. The van der Waals surface area contributed by atoms with Gasteiger partial charge in [0, 0.05) is 11.6 Å². The van der Waals surface area contributed by atoms with Crippen LogP contribution in [0.5, 0.6) is 0 Å². The average molecular weight is 355 g/mol. The second-order valence-corrected chi connectivity index (χ2v) is 6.18. The quantitative estimate of drug-likeness (QED) is 0.445. The van der Waals surface area contributed by atoms with Crippen LogP contribution in [0.1, 0.15) is 0 Å². The van der Waals surface area contributed by atoms with Crippen molar-refractivity contribution in [3.8, 4) is 22.6 Å². The van der Waals surface area contributed by atoms with E-state index in [1.807, 2.05) is 42.5 Å². The summed E-state index contributed by atoms with van der Waals surface area (Å²) < 4.78 is 5.78. The Morgan fingerprint density at radius 2 is 1.46 bits per heavy atom. The second kappa shape index (κ2) is 5.86. The molecule has 0 aliphatic heterocycles. The van der Waals surface area contributed by atoms with E-state index in [-0.39, 0.29) is 0 Å². The normalized spacial score (nSPS) is 11.1. The molecule has 0 atom stereocenters. The summed E-state index contributed by atoms with van der Waals surface area (Å²) >= 11 is 12.2. The third kappa shape index (κ3) is 2.52. The van der Waals surface area contributed by atoms with Crippen molar-refractivity contribution < 1.29 is 4.42 Å². The molecular weight excluding hydrogens is 343 g/mol. The van der Waals surface area contributed by atoms with Crippen LogP contribution in [0.3, 0.4) is 0 Å². The first kappa shape index (κ1) is 15.1. The van der Waals surface area contributed by atoms with Crippen molar-refractivity contribution in [2.24, 2.45) is 0 Å². The van der Waals surface area contributed by atoms with Crippen LogP contribution in [0.25, 0.3) is 33.7 Å². The van der Waals surface area contributed by atoms with Gasteiger partial charge in [0.2, 0.25) is 5.89 Å². The van der Waals surface area contributed by atoms with E-state index < -0.39 is 0 Å². The predicted molar refractivity (Wildman–Crippen MR) is 99.3 cm³/mol. The highest BCUT2D eigenvalue weighted by atomic mass is 35.5. The first-order chi connectivity index (χ1) is 11.6. The van der Waals surface area contributed by atoms with E-state index in [1.54, 1.807) is 6.07 Å². The predicted octanol–water partition coefficient (Wildman–Crippen LogP) is 6.05. The smallest absolute Gasteiger partial charge is 0.227 e. The van der Waals surface area contributed by atoms with E-state index in [2.05, 4.69) is 17.1 Å². The molecule has 0 saturated heterocycles.